The van der Waals surface area contributed by atoms with Gasteiger partial charge in [0.1, 0.15) is 23.2 Å². The molecule has 0 aliphatic carbocycles. The van der Waals surface area contributed by atoms with Gasteiger partial charge in [-0.05, 0) is 24.3 Å². The van der Waals surface area contributed by atoms with Gasteiger partial charge in [0.15, 0.2) is 5.78 Å². The fourth-order valence-corrected chi connectivity index (χ4v) is 1.80. The van der Waals surface area contributed by atoms with Crippen LogP contribution in [0.15, 0.2) is 30.3 Å². The third-order valence-corrected chi connectivity index (χ3v) is 2.97. The van der Waals surface area contributed by atoms with E-state index in [1.807, 2.05) is 0 Å². The average molecular weight is 301 g/mol. The van der Waals surface area contributed by atoms with Crippen LogP contribution in [0.25, 0.3) is 0 Å². The minimum atomic E-state index is -1.02. The summed E-state index contributed by atoms with van der Waals surface area (Å²) in [5.41, 5.74) is -0.970. The molecule has 0 aliphatic heterocycles. The zero-order valence-corrected chi connectivity index (χ0v) is 11.0. The summed E-state index contributed by atoms with van der Waals surface area (Å²) in [6.07, 6.45) is 0. The first-order chi connectivity index (χ1) is 9.43. The number of ether oxygens (including phenoxy) is 1. The molecular formula is C14H8ClF3O2. The van der Waals surface area contributed by atoms with Crippen LogP contribution in [0.2, 0.25) is 5.02 Å². The van der Waals surface area contributed by atoms with E-state index in [4.69, 9.17) is 16.3 Å². The molecule has 0 aliphatic rings. The largest absolute Gasteiger partial charge is 0.497 e. The summed E-state index contributed by atoms with van der Waals surface area (Å²) in [6, 6.07) is 4.79. The summed E-state index contributed by atoms with van der Waals surface area (Å²) in [5, 5.41) is -0.450. The van der Waals surface area contributed by atoms with Crippen molar-refractivity contribution in [3.8, 4) is 5.75 Å². The normalized spacial score (nSPS) is 10.4. The van der Waals surface area contributed by atoms with Crippen molar-refractivity contribution in [1.82, 2.24) is 0 Å². The van der Waals surface area contributed by atoms with Crippen molar-refractivity contribution < 1.29 is 22.7 Å². The lowest BCUT2D eigenvalue weighted by atomic mass is 10.0. The molecule has 0 spiro atoms. The van der Waals surface area contributed by atoms with Gasteiger partial charge in [0.2, 0.25) is 0 Å². The minimum absolute atomic E-state index is 0.210. The Kier molecular flexibility index (Phi) is 3.99. The highest BCUT2D eigenvalue weighted by Crippen LogP contribution is 2.24. The molecule has 2 aromatic rings. The molecule has 0 atom stereocenters. The summed E-state index contributed by atoms with van der Waals surface area (Å²) < 4.78 is 45.4. The molecule has 0 saturated heterocycles. The van der Waals surface area contributed by atoms with Gasteiger partial charge in [-0.3, -0.25) is 4.79 Å². The highest BCUT2D eigenvalue weighted by atomic mass is 35.5. The van der Waals surface area contributed by atoms with E-state index < -0.39 is 33.8 Å². The van der Waals surface area contributed by atoms with E-state index in [1.165, 1.54) is 13.2 Å². The van der Waals surface area contributed by atoms with Crippen molar-refractivity contribution in [1.29, 1.82) is 0 Å². The third kappa shape index (κ3) is 2.63. The molecule has 6 heteroatoms. The molecule has 0 bridgehead atoms. The first kappa shape index (κ1) is 14.4. The minimum Gasteiger partial charge on any atom is -0.497 e. The molecule has 0 aromatic heterocycles. The number of carbonyl (C=O) groups is 1. The van der Waals surface area contributed by atoms with Crippen LogP contribution in [-0.4, -0.2) is 12.9 Å². The second-order valence-electron chi connectivity index (χ2n) is 3.92. The van der Waals surface area contributed by atoms with Gasteiger partial charge in [-0.1, -0.05) is 11.6 Å². The van der Waals surface area contributed by atoms with Gasteiger partial charge < -0.3 is 4.74 Å². The summed E-state index contributed by atoms with van der Waals surface area (Å²) in [7, 11) is 1.34. The Labute approximate surface area is 117 Å². The maximum Gasteiger partial charge on any atom is 0.199 e. The Morgan fingerprint density at radius 1 is 1.00 bits per heavy atom. The maximum atomic E-state index is 13.7. The lowest BCUT2D eigenvalue weighted by Gasteiger charge is -2.07. The van der Waals surface area contributed by atoms with Crippen molar-refractivity contribution >= 4 is 17.4 Å². The number of hydrogen-bond acceptors (Lipinski definition) is 2. The average Bonchev–Trinajstić information content (AvgIpc) is 2.42. The Morgan fingerprint density at radius 3 is 2.25 bits per heavy atom. The van der Waals surface area contributed by atoms with Crippen molar-refractivity contribution in [2.45, 2.75) is 0 Å². The Bertz CT molecular complexity index is 686. The Balaban J connectivity index is 2.49. The predicted molar refractivity (Wildman–Crippen MR) is 67.8 cm³/mol. The van der Waals surface area contributed by atoms with E-state index in [9.17, 15) is 18.0 Å². The third-order valence-electron chi connectivity index (χ3n) is 2.68. The van der Waals surface area contributed by atoms with Crippen molar-refractivity contribution in [3.05, 3.63) is 63.9 Å². The number of halogens is 4. The molecule has 0 radical (unpaired) electrons. The van der Waals surface area contributed by atoms with Crippen LogP contribution in [0.4, 0.5) is 13.2 Å². The summed E-state index contributed by atoms with van der Waals surface area (Å²) in [6.45, 7) is 0. The summed E-state index contributed by atoms with van der Waals surface area (Å²) >= 11 is 5.39. The van der Waals surface area contributed by atoms with Crippen LogP contribution >= 0.6 is 11.6 Å². The van der Waals surface area contributed by atoms with Gasteiger partial charge >= 0.3 is 0 Å². The molecule has 0 heterocycles. The van der Waals surface area contributed by atoms with Crippen LogP contribution in [-0.2, 0) is 0 Å². The molecule has 0 fully saturated rings. The lowest BCUT2D eigenvalue weighted by Crippen LogP contribution is -2.08. The van der Waals surface area contributed by atoms with E-state index >= 15 is 0 Å². The predicted octanol–water partition coefficient (Wildman–Crippen LogP) is 4.00. The molecule has 2 aromatic carbocycles. The van der Waals surface area contributed by atoms with E-state index in [1.54, 1.807) is 0 Å². The molecule has 2 nitrogen and oxygen atoms in total. The second kappa shape index (κ2) is 5.54. The number of methoxy groups -OCH3 is 1. The van der Waals surface area contributed by atoms with E-state index in [0.717, 1.165) is 12.1 Å². The number of ketones is 1. The molecule has 0 amide bonds. The van der Waals surface area contributed by atoms with Gasteiger partial charge in [-0.2, -0.15) is 0 Å². The number of hydrogen-bond donors (Lipinski definition) is 0. The molecule has 104 valence electrons. The molecule has 0 unspecified atom stereocenters. The molecule has 0 saturated carbocycles. The number of benzene rings is 2. The number of rotatable bonds is 3. The summed E-state index contributed by atoms with van der Waals surface area (Å²) in [5.74, 6) is -3.62. The van der Waals surface area contributed by atoms with Crippen LogP contribution in [0, 0.1) is 17.5 Å². The van der Waals surface area contributed by atoms with Crippen molar-refractivity contribution in [3.63, 3.8) is 0 Å². The zero-order valence-electron chi connectivity index (χ0n) is 10.2. The van der Waals surface area contributed by atoms with Gasteiger partial charge in [0.05, 0.1) is 23.3 Å². The Morgan fingerprint density at radius 2 is 1.65 bits per heavy atom. The van der Waals surface area contributed by atoms with Gasteiger partial charge in [0.25, 0.3) is 0 Å². The quantitative estimate of drug-likeness (QED) is 0.633. The first-order valence-corrected chi connectivity index (χ1v) is 5.84. The van der Waals surface area contributed by atoms with Crippen LogP contribution in [0.3, 0.4) is 0 Å². The van der Waals surface area contributed by atoms with E-state index in [-0.39, 0.29) is 11.3 Å². The van der Waals surface area contributed by atoms with Crippen LogP contribution in [0.1, 0.15) is 15.9 Å². The highest BCUT2D eigenvalue weighted by molar-refractivity contribution is 6.30. The zero-order chi connectivity index (χ0) is 14.9. The fourth-order valence-electron chi connectivity index (χ4n) is 1.65. The van der Waals surface area contributed by atoms with Gasteiger partial charge in [-0.25, -0.2) is 13.2 Å². The number of carbonyl (C=O) groups excluding carboxylic acids is 1. The maximum absolute atomic E-state index is 13.7. The molecular weight excluding hydrogens is 293 g/mol. The van der Waals surface area contributed by atoms with E-state index in [2.05, 4.69) is 0 Å². The van der Waals surface area contributed by atoms with Crippen molar-refractivity contribution in [2.75, 3.05) is 7.11 Å². The van der Waals surface area contributed by atoms with Gasteiger partial charge in [-0.15, -0.1) is 0 Å². The SMILES string of the molecule is COc1ccc(C(=O)c2cc(F)c(Cl)cc2F)c(F)c1. The highest BCUT2D eigenvalue weighted by Gasteiger charge is 2.20. The smallest absolute Gasteiger partial charge is 0.199 e. The molecule has 2 rings (SSSR count). The molecule has 0 N–H and O–H groups in total. The van der Waals surface area contributed by atoms with Gasteiger partial charge in [0, 0.05) is 6.07 Å². The topological polar surface area (TPSA) is 26.3 Å². The lowest BCUT2D eigenvalue weighted by molar-refractivity contribution is 0.103. The standard InChI is InChI=1S/C14H8ClF3O2/c1-20-7-2-3-8(11(16)4-7)14(19)9-5-13(18)10(15)6-12(9)17/h2-6H,1H3. The van der Waals surface area contributed by atoms with Crippen LogP contribution < -0.4 is 4.74 Å². The van der Waals surface area contributed by atoms with Crippen molar-refractivity contribution in [2.24, 2.45) is 0 Å². The molecule has 20 heavy (non-hydrogen) atoms. The van der Waals surface area contributed by atoms with Crippen LogP contribution in [0.5, 0.6) is 5.75 Å². The fraction of sp³-hybridized carbons (Fsp3) is 0.0714. The Hall–Kier alpha value is -2.01. The summed E-state index contributed by atoms with van der Waals surface area (Å²) in [4.78, 5) is 12.0. The first-order valence-electron chi connectivity index (χ1n) is 5.47. The monoisotopic (exact) mass is 300 g/mol. The van der Waals surface area contributed by atoms with E-state index in [0.29, 0.717) is 12.1 Å². The second-order valence-corrected chi connectivity index (χ2v) is 4.33.